The van der Waals surface area contributed by atoms with Crippen molar-refractivity contribution >= 4 is 11.3 Å². The Bertz CT molecular complexity index is 614. The molecule has 0 aliphatic heterocycles. The largest absolute Gasteiger partial charge is 0.444 e. The third-order valence-corrected chi connectivity index (χ3v) is 3.76. The van der Waals surface area contributed by atoms with Gasteiger partial charge in [0.1, 0.15) is 6.26 Å². The molecule has 3 aromatic rings. The van der Waals surface area contributed by atoms with Gasteiger partial charge in [0.2, 0.25) is 5.89 Å². The second-order valence-corrected chi connectivity index (χ2v) is 4.75. The van der Waals surface area contributed by atoms with E-state index in [0.717, 1.165) is 10.4 Å². The van der Waals surface area contributed by atoms with Crippen LogP contribution in [0.4, 0.5) is 0 Å². The summed E-state index contributed by atoms with van der Waals surface area (Å²) in [4.78, 5) is 10.6. The average Bonchev–Trinajstić information content (AvgIpc) is 2.99. The third kappa shape index (κ3) is 1.87. The van der Waals surface area contributed by atoms with Crippen LogP contribution >= 0.6 is 11.3 Å². The van der Waals surface area contributed by atoms with E-state index in [9.17, 15) is 0 Å². The Labute approximate surface area is 103 Å². The van der Waals surface area contributed by atoms with E-state index in [2.05, 4.69) is 29.0 Å². The van der Waals surface area contributed by atoms with Gasteiger partial charge in [-0.25, -0.2) is 4.98 Å². The Morgan fingerprint density at radius 3 is 2.94 bits per heavy atom. The minimum absolute atomic E-state index is 0.674. The molecule has 0 amide bonds. The smallest absolute Gasteiger partial charge is 0.236 e. The molecule has 84 valence electrons. The Kier molecular flexibility index (Phi) is 2.49. The predicted molar refractivity (Wildman–Crippen MR) is 67.8 cm³/mol. The molecule has 0 saturated heterocycles. The molecule has 4 heteroatoms. The number of hydrogen-bond acceptors (Lipinski definition) is 4. The second-order valence-electron chi connectivity index (χ2n) is 3.70. The normalized spacial score (nSPS) is 10.6. The van der Waals surface area contributed by atoms with Gasteiger partial charge < -0.3 is 4.42 Å². The molecule has 0 N–H and O–H groups in total. The summed E-state index contributed by atoms with van der Waals surface area (Å²) in [6, 6.07) is 6.10. The van der Waals surface area contributed by atoms with Gasteiger partial charge in [-0.2, -0.15) is 0 Å². The lowest BCUT2D eigenvalue weighted by Gasteiger charge is -1.96. The molecule has 0 radical (unpaired) electrons. The number of rotatable bonds is 2. The van der Waals surface area contributed by atoms with Crippen molar-refractivity contribution < 1.29 is 4.42 Å². The van der Waals surface area contributed by atoms with Gasteiger partial charge in [-0.15, -0.1) is 11.3 Å². The summed E-state index contributed by atoms with van der Waals surface area (Å²) in [5.41, 5.74) is 2.35. The van der Waals surface area contributed by atoms with Gasteiger partial charge >= 0.3 is 0 Å². The zero-order chi connectivity index (χ0) is 11.7. The fourth-order valence-electron chi connectivity index (χ4n) is 1.72. The summed E-state index contributed by atoms with van der Waals surface area (Å²) in [6.07, 6.45) is 6.90. The molecule has 0 aliphatic rings. The van der Waals surface area contributed by atoms with Crippen LogP contribution in [-0.2, 0) is 0 Å². The highest BCUT2D eigenvalue weighted by atomic mass is 32.1. The van der Waals surface area contributed by atoms with Crippen molar-refractivity contribution in [2.75, 3.05) is 0 Å². The molecule has 0 aromatic carbocycles. The molecule has 3 rings (SSSR count). The number of hydrogen-bond donors (Lipinski definition) is 0. The number of oxazole rings is 1. The zero-order valence-electron chi connectivity index (χ0n) is 9.25. The molecule has 0 spiro atoms. The summed E-state index contributed by atoms with van der Waals surface area (Å²) < 4.78 is 5.31. The summed E-state index contributed by atoms with van der Waals surface area (Å²) in [5, 5.41) is 0. The molecular weight excluding hydrogens is 232 g/mol. The molecule has 0 saturated carbocycles. The first kappa shape index (κ1) is 10.2. The van der Waals surface area contributed by atoms with E-state index >= 15 is 0 Å². The SMILES string of the molecule is Cc1cc(-c2ncco2)sc1-c1cccnc1. The minimum Gasteiger partial charge on any atom is -0.444 e. The highest BCUT2D eigenvalue weighted by molar-refractivity contribution is 7.19. The van der Waals surface area contributed by atoms with Crippen LogP contribution in [0.25, 0.3) is 21.2 Å². The Morgan fingerprint density at radius 2 is 2.24 bits per heavy atom. The lowest BCUT2D eigenvalue weighted by Crippen LogP contribution is -1.76. The van der Waals surface area contributed by atoms with Crippen molar-refractivity contribution in [3.63, 3.8) is 0 Å². The number of pyridine rings is 1. The number of thiophene rings is 1. The average molecular weight is 242 g/mol. The van der Waals surface area contributed by atoms with Crippen molar-refractivity contribution in [2.45, 2.75) is 6.92 Å². The van der Waals surface area contributed by atoms with Crippen LogP contribution in [0, 0.1) is 6.92 Å². The summed E-state index contributed by atoms with van der Waals surface area (Å²) in [7, 11) is 0. The molecule has 0 aliphatic carbocycles. The summed E-state index contributed by atoms with van der Waals surface area (Å²) in [6.45, 7) is 2.09. The first-order valence-corrected chi connectivity index (χ1v) is 6.07. The third-order valence-electron chi connectivity index (χ3n) is 2.48. The first-order valence-electron chi connectivity index (χ1n) is 5.25. The van der Waals surface area contributed by atoms with Gasteiger partial charge in [0.15, 0.2) is 0 Å². The van der Waals surface area contributed by atoms with Gasteiger partial charge in [0.05, 0.1) is 11.1 Å². The maximum atomic E-state index is 5.31. The van der Waals surface area contributed by atoms with E-state index in [1.807, 2.05) is 12.3 Å². The Hall–Kier alpha value is -1.94. The number of nitrogens with zero attached hydrogens (tertiary/aromatic N) is 2. The van der Waals surface area contributed by atoms with Gasteiger partial charge in [0.25, 0.3) is 0 Å². The highest BCUT2D eigenvalue weighted by Gasteiger charge is 2.11. The Morgan fingerprint density at radius 1 is 1.29 bits per heavy atom. The fraction of sp³-hybridized carbons (Fsp3) is 0.0769. The van der Waals surface area contributed by atoms with E-state index in [1.165, 1.54) is 10.4 Å². The van der Waals surface area contributed by atoms with Crippen LogP contribution in [0.5, 0.6) is 0 Å². The monoisotopic (exact) mass is 242 g/mol. The fourth-order valence-corrected chi connectivity index (χ4v) is 2.82. The second kappa shape index (κ2) is 4.14. The maximum absolute atomic E-state index is 5.31. The molecule has 0 atom stereocenters. The topological polar surface area (TPSA) is 38.9 Å². The maximum Gasteiger partial charge on any atom is 0.236 e. The van der Waals surface area contributed by atoms with E-state index < -0.39 is 0 Å². The summed E-state index contributed by atoms with van der Waals surface area (Å²) >= 11 is 1.67. The molecule has 0 fully saturated rings. The predicted octanol–water partition coefficient (Wildman–Crippen LogP) is 3.77. The standard InChI is InChI=1S/C13H10N2OS/c1-9-7-11(13-15-5-6-16-13)17-12(9)10-3-2-4-14-8-10/h2-8H,1H3. The molecule has 3 heterocycles. The van der Waals surface area contributed by atoms with Gasteiger partial charge in [-0.3, -0.25) is 4.98 Å². The summed E-state index contributed by atoms with van der Waals surface area (Å²) in [5.74, 6) is 0.674. The van der Waals surface area contributed by atoms with Crippen molar-refractivity contribution in [1.29, 1.82) is 0 Å². The molecular formula is C13H10N2OS. The first-order chi connectivity index (χ1) is 8.34. The van der Waals surface area contributed by atoms with Crippen LogP contribution < -0.4 is 0 Å². The highest BCUT2D eigenvalue weighted by Crippen LogP contribution is 2.36. The van der Waals surface area contributed by atoms with Gasteiger partial charge in [-0.1, -0.05) is 6.07 Å². The number of aryl methyl sites for hydroxylation is 1. The van der Waals surface area contributed by atoms with Crippen molar-refractivity contribution in [3.8, 4) is 21.2 Å². The molecule has 3 nitrogen and oxygen atoms in total. The van der Waals surface area contributed by atoms with E-state index in [4.69, 9.17) is 4.42 Å². The van der Waals surface area contributed by atoms with Crippen LogP contribution in [0.1, 0.15) is 5.56 Å². The van der Waals surface area contributed by atoms with Crippen LogP contribution in [-0.4, -0.2) is 9.97 Å². The lowest BCUT2D eigenvalue weighted by atomic mass is 10.1. The molecule has 0 bridgehead atoms. The minimum atomic E-state index is 0.674. The van der Waals surface area contributed by atoms with Crippen LogP contribution in [0.2, 0.25) is 0 Å². The molecule has 0 unspecified atom stereocenters. The lowest BCUT2D eigenvalue weighted by molar-refractivity contribution is 0.576. The van der Waals surface area contributed by atoms with Crippen LogP contribution in [0.15, 0.2) is 47.5 Å². The van der Waals surface area contributed by atoms with Crippen molar-refractivity contribution in [3.05, 3.63) is 48.6 Å². The molecule has 3 aromatic heterocycles. The van der Waals surface area contributed by atoms with E-state index in [1.54, 1.807) is 30.0 Å². The van der Waals surface area contributed by atoms with Crippen molar-refractivity contribution in [1.82, 2.24) is 9.97 Å². The molecule has 17 heavy (non-hydrogen) atoms. The Balaban J connectivity index is 2.08. The number of aromatic nitrogens is 2. The van der Waals surface area contributed by atoms with Gasteiger partial charge in [0, 0.05) is 22.8 Å². The quantitative estimate of drug-likeness (QED) is 0.686. The van der Waals surface area contributed by atoms with E-state index in [-0.39, 0.29) is 0 Å². The van der Waals surface area contributed by atoms with Gasteiger partial charge in [-0.05, 0) is 24.6 Å². The van der Waals surface area contributed by atoms with Crippen LogP contribution in [0.3, 0.4) is 0 Å². The van der Waals surface area contributed by atoms with E-state index in [0.29, 0.717) is 5.89 Å². The van der Waals surface area contributed by atoms with Crippen molar-refractivity contribution in [2.24, 2.45) is 0 Å². The zero-order valence-corrected chi connectivity index (χ0v) is 10.1.